The van der Waals surface area contributed by atoms with Crippen molar-refractivity contribution in [1.82, 2.24) is 5.32 Å². The summed E-state index contributed by atoms with van der Waals surface area (Å²) in [5.41, 5.74) is -0.646. The van der Waals surface area contributed by atoms with Crippen molar-refractivity contribution < 1.29 is 53.4 Å². The molecule has 0 aromatic heterocycles. The molecule has 10 atom stereocenters. The number of unbranched alkanes of at least 4 members (excludes halogenated alkanes) is 3. The quantitative estimate of drug-likeness (QED) is 0.0382. The molecule has 4 saturated carbocycles. The first-order valence-electron chi connectivity index (χ1n) is 22.3. The van der Waals surface area contributed by atoms with E-state index in [0.29, 0.717) is 24.2 Å². The van der Waals surface area contributed by atoms with Crippen LogP contribution in [0.4, 0.5) is 5.69 Å². The summed E-state index contributed by atoms with van der Waals surface area (Å²) in [6, 6.07) is 2.91. The summed E-state index contributed by atoms with van der Waals surface area (Å²) in [4.78, 5) is 50.2. The summed E-state index contributed by atoms with van der Waals surface area (Å²) in [7, 11) is 1.38. The molecule has 0 heterocycles. The number of fused-ring (bicyclic) bond motifs is 5. The molecular weight excluding hydrogens is 757 g/mol. The monoisotopic (exact) mass is 829 g/mol. The van der Waals surface area contributed by atoms with Crippen molar-refractivity contribution in [2.45, 2.75) is 149 Å². The zero-order chi connectivity index (χ0) is 43.0. The van der Waals surface area contributed by atoms with Crippen LogP contribution in [0.25, 0.3) is 0 Å². The first-order chi connectivity index (χ1) is 28.0. The Bertz CT molecular complexity index is 1620. The molecule has 1 aromatic carbocycles. The van der Waals surface area contributed by atoms with Crippen LogP contribution in [-0.2, 0) is 28.6 Å². The molecule has 0 radical (unpaired) electrons. The third-order valence-corrected chi connectivity index (χ3v) is 14.9. The number of phenols is 1. The Morgan fingerprint density at radius 1 is 0.881 bits per heavy atom. The fourth-order valence-corrected chi connectivity index (χ4v) is 12.0. The average Bonchev–Trinajstić information content (AvgIpc) is 3.56. The summed E-state index contributed by atoms with van der Waals surface area (Å²) in [6.45, 7) is 10.8. The molecule has 1 aromatic rings. The van der Waals surface area contributed by atoms with Crippen molar-refractivity contribution in [2.75, 3.05) is 45.4 Å². The van der Waals surface area contributed by atoms with Crippen molar-refractivity contribution >= 4 is 29.3 Å². The number of methoxy groups -OCH3 is 1. The molecule has 13 heteroatoms. The largest absolute Gasteiger partial charge is 0.505 e. The summed E-state index contributed by atoms with van der Waals surface area (Å²) in [6.07, 6.45) is 12.1. The number of hydrogen-bond donors (Lipinski definition) is 5. The standard InChI is InChI=1S/C46H72N2O11/c1-7-8-9-10-19-46(5,55)38-14-11-32-31-27-37(34-26-30(50)17-20-44(34,3)33(31)18-21-45(32,38)4)59-41(53)16-15-39(51)47-22-23-57-24-25-58-28-40(52)48-35-12-13-36(56-6)42(29(2)49)43(35)54/h12-13,30-34,37-38,50,54-55H,7-11,14-28H2,1-6H3,(H,47,51)(H,48,52)/t30-,31-,32-,33-,34+,37-,38-,44+,45-,46-/m0/s1. The van der Waals surface area contributed by atoms with Crippen LogP contribution >= 0.6 is 0 Å². The maximum atomic E-state index is 13.4. The van der Waals surface area contributed by atoms with E-state index in [1.807, 2.05) is 0 Å². The maximum absolute atomic E-state index is 13.4. The number of aromatic hydroxyl groups is 1. The van der Waals surface area contributed by atoms with E-state index in [0.717, 1.165) is 64.2 Å². The van der Waals surface area contributed by atoms with E-state index in [1.165, 1.54) is 39.0 Å². The Kier molecular flexibility index (Phi) is 16.3. The smallest absolute Gasteiger partial charge is 0.306 e. The molecule has 0 bridgehead atoms. The number of Topliss-reactive ketones (excluding diaryl/α,β-unsaturated/α-hetero) is 1. The van der Waals surface area contributed by atoms with Gasteiger partial charge in [0.15, 0.2) is 11.5 Å². The van der Waals surface area contributed by atoms with Gasteiger partial charge in [0, 0.05) is 18.9 Å². The molecule has 0 aliphatic heterocycles. The highest BCUT2D eigenvalue weighted by molar-refractivity contribution is 6.03. The van der Waals surface area contributed by atoms with Gasteiger partial charge in [-0.05, 0) is 118 Å². The van der Waals surface area contributed by atoms with Gasteiger partial charge in [0.2, 0.25) is 11.8 Å². The highest BCUT2D eigenvalue weighted by atomic mass is 16.5. The predicted molar refractivity (Wildman–Crippen MR) is 223 cm³/mol. The molecule has 5 rings (SSSR count). The molecule has 4 aliphatic carbocycles. The first kappa shape index (κ1) is 46.8. The second kappa shape index (κ2) is 20.5. The number of hydrogen-bond acceptors (Lipinski definition) is 11. The summed E-state index contributed by atoms with van der Waals surface area (Å²) >= 11 is 0. The van der Waals surface area contributed by atoms with Gasteiger partial charge in [0.1, 0.15) is 24.0 Å². The fourth-order valence-electron chi connectivity index (χ4n) is 12.0. The first-order valence-corrected chi connectivity index (χ1v) is 22.3. The lowest BCUT2D eigenvalue weighted by Gasteiger charge is -2.63. The van der Waals surface area contributed by atoms with Crippen LogP contribution in [-0.4, -0.2) is 96.8 Å². The van der Waals surface area contributed by atoms with Crippen molar-refractivity contribution in [3.63, 3.8) is 0 Å². The Morgan fingerprint density at radius 3 is 2.34 bits per heavy atom. The number of amides is 2. The number of ether oxygens (including phenoxy) is 4. The minimum absolute atomic E-state index is 0.00619. The number of phenolic OH excluding ortho intramolecular Hbond substituents is 1. The number of aliphatic hydroxyl groups is 2. The SMILES string of the molecule is CCCCCC[C@](C)(O)[C@H]1CC[C@H]2[C@@H]3C[C@H](OC(=O)CCC(=O)NCCOCCOCC(=O)Nc4ccc(OC)c(C(C)=O)c4O)[C@H]4C[C@@H](O)CC[C@]4(C)[C@H]3CC[C@@]21C. The molecule has 13 nitrogen and oxygen atoms in total. The molecule has 4 fully saturated rings. The topological polar surface area (TPSA) is 190 Å². The van der Waals surface area contributed by atoms with Gasteiger partial charge in [-0.2, -0.15) is 0 Å². The van der Waals surface area contributed by atoms with Crippen LogP contribution in [0, 0.1) is 40.4 Å². The van der Waals surface area contributed by atoms with Crippen LogP contribution in [0.5, 0.6) is 11.5 Å². The number of benzene rings is 1. The van der Waals surface area contributed by atoms with Crippen molar-refractivity contribution in [3.8, 4) is 11.5 Å². The number of rotatable bonds is 21. The Labute approximate surface area is 351 Å². The van der Waals surface area contributed by atoms with Crippen LogP contribution in [0.3, 0.4) is 0 Å². The van der Waals surface area contributed by atoms with E-state index < -0.39 is 23.4 Å². The van der Waals surface area contributed by atoms with Crippen LogP contribution < -0.4 is 15.4 Å². The van der Waals surface area contributed by atoms with Gasteiger partial charge in [-0.25, -0.2) is 0 Å². The van der Waals surface area contributed by atoms with E-state index in [2.05, 4.69) is 38.3 Å². The van der Waals surface area contributed by atoms with Gasteiger partial charge in [-0.15, -0.1) is 0 Å². The third-order valence-electron chi connectivity index (χ3n) is 14.9. The second-order valence-corrected chi connectivity index (χ2v) is 18.7. The summed E-state index contributed by atoms with van der Waals surface area (Å²) < 4.78 is 22.3. The number of carbonyl (C=O) groups excluding carboxylic acids is 4. The van der Waals surface area contributed by atoms with Crippen molar-refractivity contribution in [1.29, 1.82) is 0 Å². The molecule has 0 saturated heterocycles. The van der Waals surface area contributed by atoms with E-state index >= 15 is 0 Å². The zero-order valence-electron chi connectivity index (χ0n) is 36.4. The average molecular weight is 829 g/mol. The molecule has 59 heavy (non-hydrogen) atoms. The Balaban J connectivity index is 1.04. The number of ketones is 1. The number of esters is 1. The molecule has 0 spiro atoms. The lowest BCUT2D eigenvalue weighted by atomic mass is 9.43. The van der Waals surface area contributed by atoms with Gasteiger partial charge in [0.05, 0.1) is 50.7 Å². The van der Waals surface area contributed by atoms with Crippen LogP contribution in [0.2, 0.25) is 0 Å². The molecule has 5 N–H and O–H groups in total. The normalized spacial score (nSPS) is 30.9. The maximum Gasteiger partial charge on any atom is 0.306 e. The number of nitrogens with one attached hydrogen (secondary N) is 2. The van der Waals surface area contributed by atoms with Crippen molar-refractivity contribution in [3.05, 3.63) is 17.7 Å². The van der Waals surface area contributed by atoms with Gasteiger partial charge in [-0.3, -0.25) is 19.2 Å². The highest BCUT2D eigenvalue weighted by Gasteiger charge is 2.64. The molecule has 2 amide bonds. The predicted octanol–water partition coefficient (Wildman–Crippen LogP) is 6.73. The fraction of sp³-hybridized carbons (Fsp3) is 0.783. The number of aliphatic hydroxyl groups excluding tert-OH is 1. The highest BCUT2D eigenvalue weighted by Crippen LogP contribution is 2.69. The minimum Gasteiger partial charge on any atom is -0.505 e. The second-order valence-electron chi connectivity index (χ2n) is 18.7. The Hall–Kier alpha value is -3.26. The van der Waals surface area contributed by atoms with Gasteiger partial charge >= 0.3 is 5.97 Å². The third kappa shape index (κ3) is 11.0. The van der Waals surface area contributed by atoms with Gasteiger partial charge < -0.3 is 44.9 Å². The van der Waals surface area contributed by atoms with Crippen LogP contribution in [0.1, 0.15) is 141 Å². The molecule has 332 valence electrons. The van der Waals surface area contributed by atoms with Crippen molar-refractivity contribution in [2.24, 2.45) is 40.4 Å². The van der Waals surface area contributed by atoms with Gasteiger partial charge in [-0.1, -0.05) is 46.5 Å². The summed E-state index contributed by atoms with van der Waals surface area (Å²) in [5, 5.41) is 38.4. The number of anilines is 1. The Morgan fingerprint density at radius 2 is 1.61 bits per heavy atom. The lowest BCUT2D eigenvalue weighted by molar-refractivity contribution is -0.197. The van der Waals surface area contributed by atoms with E-state index in [9.17, 15) is 34.5 Å². The minimum atomic E-state index is -0.691. The van der Waals surface area contributed by atoms with Crippen LogP contribution in [0.15, 0.2) is 12.1 Å². The van der Waals surface area contributed by atoms with E-state index in [-0.39, 0.29) is 109 Å². The molecule has 4 aliphatic rings. The number of carbonyl (C=O) groups is 4. The lowest BCUT2D eigenvalue weighted by Crippen LogP contribution is -2.59. The van der Waals surface area contributed by atoms with Gasteiger partial charge in [0.25, 0.3) is 0 Å². The van der Waals surface area contributed by atoms with E-state index in [4.69, 9.17) is 18.9 Å². The van der Waals surface area contributed by atoms with E-state index in [1.54, 1.807) is 0 Å². The summed E-state index contributed by atoms with van der Waals surface area (Å²) in [5.74, 6) is -0.0944. The molecule has 0 unspecified atom stereocenters. The molecular formula is C46H72N2O11. The zero-order valence-corrected chi connectivity index (χ0v) is 36.4.